The molecular formula is C55H64N4O8Si. The lowest BCUT2D eigenvalue weighted by Gasteiger charge is -2.39. The number of hydrogen-bond donors (Lipinski definition) is 3. The predicted molar refractivity (Wildman–Crippen MR) is 266 cm³/mol. The third-order valence-corrected chi connectivity index (χ3v) is 19.4. The molecule has 3 N–H and O–H groups in total. The second-order valence-corrected chi connectivity index (χ2v) is 24.0. The summed E-state index contributed by atoms with van der Waals surface area (Å²) >= 11 is 0. The van der Waals surface area contributed by atoms with Crippen molar-refractivity contribution in [3.05, 3.63) is 143 Å². The minimum Gasteiger partial charge on any atom is -0.497 e. The van der Waals surface area contributed by atoms with Gasteiger partial charge in [0.1, 0.15) is 11.5 Å². The zero-order chi connectivity index (χ0) is 47.7. The SMILES string of the molecule is CCOc1ccc2c(c1)CC(NCCCCO)C(=O)N2c1ccc2c(c1)[C@]1(O[C@@H](CC(=O)N3Cc4ccccc4C[C@H]3CO)[C@H]([Si](C)(C)c3ccc(OC)cc3)[C@H]1C)C(=O)N2Cc1ccccc1. The first-order chi connectivity index (χ1) is 32.9. The molecule has 5 aromatic carbocycles. The number of nitrogens with zero attached hydrogens (tertiary/aromatic N) is 3. The maximum Gasteiger partial charge on any atom is 0.264 e. The number of aliphatic hydroxyl groups excluding tert-OH is 2. The first kappa shape index (κ1) is 47.2. The number of hydrogen-bond acceptors (Lipinski definition) is 9. The standard InChI is InChI=1S/C55H64N4O8Si/c1-6-66-44-21-25-48-40(29-44)30-47(56-26-12-13-27-60)53(63)59(48)41-18-24-49-46(31-41)55(54(64)58(49)33-37-14-8-7-9-15-37)36(2)52(68(4,5)45-22-19-43(65-3)20-23-45)50(67-55)32-51(62)57-34-39-17-11-10-16-38(39)28-42(57)35-61/h7-11,14-25,29,31,36,42,47,50,52,56,60-61H,6,12-13,26-28,30,32-35H2,1-5H3/t36-,42+,47?,50+,52-,55+/m1/s1. The average molecular weight is 937 g/mol. The van der Waals surface area contributed by atoms with E-state index in [2.05, 4.69) is 43.5 Å². The van der Waals surface area contributed by atoms with Crippen LogP contribution in [0.3, 0.4) is 0 Å². The number of aliphatic hydroxyl groups is 2. The van der Waals surface area contributed by atoms with E-state index in [0.717, 1.165) is 51.0 Å². The first-order valence-electron chi connectivity index (χ1n) is 24.2. The van der Waals surface area contributed by atoms with Crippen molar-refractivity contribution in [2.24, 2.45) is 5.92 Å². The van der Waals surface area contributed by atoms with Crippen molar-refractivity contribution in [3.63, 3.8) is 0 Å². The van der Waals surface area contributed by atoms with Crippen molar-refractivity contribution in [1.82, 2.24) is 10.2 Å². The van der Waals surface area contributed by atoms with Crippen molar-refractivity contribution >= 4 is 48.0 Å². The number of unbranched alkanes of at least 4 members (excludes halogenated alkanes) is 1. The minimum atomic E-state index is -2.66. The summed E-state index contributed by atoms with van der Waals surface area (Å²) in [7, 11) is -1.01. The summed E-state index contributed by atoms with van der Waals surface area (Å²) in [4.78, 5) is 51.1. The van der Waals surface area contributed by atoms with Crippen LogP contribution >= 0.6 is 0 Å². The van der Waals surface area contributed by atoms with Crippen LogP contribution in [0, 0.1) is 5.92 Å². The normalized spacial score (nSPS) is 23.2. The van der Waals surface area contributed by atoms with Crippen molar-refractivity contribution in [1.29, 1.82) is 0 Å². The van der Waals surface area contributed by atoms with Gasteiger partial charge in [-0.05, 0) is 115 Å². The number of carbonyl (C=O) groups excluding carboxylic acids is 3. The van der Waals surface area contributed by atoms with E-state index in [1.165, 1.54) is 0 Å². The van der Waals surface area contributed by atoms with Crippen molar-refractivity contribution < 1.29 is 38.8 Å². The second kappa shape index (κ2) is 19.6. The largest absolute Gasteiger partial charge is 0.497 e. The molecule has 5 aromatic rings. The van der Waals surface area contributed by atoms with Crippen LogP contribution < -0.4 is 29.8 Å². The number of benzene rings is 5. The summed E-state index contributed by atoms with van der Waals surface area (Å²) in [5.41, 5.74) is 5.05. The van der Waals surface area contributed by atoms with Gasteiger partial charge in [0.05, 0.1) is 70.9 Å². The van der Waals surface area contributed by atoms with Gasteiger partial charge in [-0.2, -0.15) is 0 Å². The minimum absolute atomic E-state index is 0.0206. The van der Waals surface area contributed by atoms with Crippen LogP contribution in [-0.4, -0.2) is 92.6 Å². The van der Waals surface area contributed by atoms with Gasteiger partial charge in [-0.3, -0.25) is 19.3 Å². The molecule has 4 aliphatic heterocycles. The molecule has 68 heavy (non-hydrogen) atoms. The molecular weight excluding hydrogens is 873 g/mol. The van der Waals surface area contributed by atoms with Crippen molar-refractivity contribution in [3.8, 4) is 11.5 Å². The van der Waals surface area contributed by atoms with E-state index in [4.69, 9.17) is 14.2 Å². The van der Waals surface area contributed by atoms with Crippen LogP contribution in [0.5, 0.6) is 11.5 Å². The van der Waals surface area contributed by atoms with Gasteiger partial charge >= 0.3 is 0 Å². The van der Waals surface area contributed by atoms with E-state index < -0.39 is 37.8 Å². The Morgan fingerprint density at radius 1 is 0.853 bits per heavy atom. The van der Waals surface area contributed by atoms with E-state index in [1.54, 1.807) is 16.9 Å². The molecule has 0 radical (unpaired) electrons. The highest BCUT2D eigenvalue weighted by Gasteiger charge is 2.67. The topological polar surface area (TPSA) is 141 Å². The maximum absolute atomic E-state index is 15.9. The number of rotatable bonds is 16. The highest BCUT2D eigenvalue weighted by molar-refractivity contribution is 6.91. The molecule has 9 rings (SSSR count). The Morgan fingerprint density at radius 2 is 1.57 bits per heavy atom. The maximum atomic E-state index is 15.9. The summed E-state index contributed by atoms with van der Waals surface area (Å²) in [6.45, 7) is 10.3. The Labute approximate surface area is 400 Å². The fourth-order valence-corrected chi connectivity index (χ4v) is 15.6. The van der Waals surface area contributed by atoms with Crippen LogP contribution in [0.25, 0.3) is 0 Å². The molecule has 0 aliphatic carbocycles. The van der Waals surface area contributed by atoms with Crippen LogP contribution in [0.1, 0.15) is 60.9 Å². The van der Waals surface area contributed by atoms with Crippen LogP contribution in [0.4, 0.5) is 17.1 Å². The van der Waals surface area contributed by atoms with Crippen molar-refractivity contribution in [2.45, 2.75) is 101 Å². The van der Waals surface area contributed by atoms with Gasteiger partial charge < -0.3 is 39.5 Å². The number of methoxy groups -OCH3 is 1. The molecule has 4 aliphatic rings. The van der Waals surface area contributed by atoms with E-state index in [0.29, 0.717) is 62.4 Å². The van der Waals surface area contributed by atoms with E-state index in [1.807, 2.05) is 109 Å². The molecule has 1 fully saturated rings. The summed E-state index contributed by atoms with van der Waals surface area (Å²) in [6.07, 6.45) is 1.71. The third-order valence-electron chi connectivity index (χ3n) is 15.0. The van der Waals surface area contributed by atoms with Gasteiger partial charge in [0.25, 0.3) is 5.91 Å². The second-order valence-electron chi connectivity index (χ2n) is 19.3. The smallest absolute Gasteiger partial charge is 0.264 e. The Bertz CT molecular complexity index is 2640. The molecule has 4 heterocycles. The average Bonchev–Trinajstić information content (AvgIpc) is 3.78. The highest BCUT2D eigenvalue weighted by Crippen LogP contribution is 2.61. The molecule has 1 saturated heterocycles. The fraction of sp³-hybridized carbons (Fsp3) is 0.400. The quantitative estimate of drug-likeness (QED) is 0.0696. The van der Waals surface area contributed by atoms with E-state index >= 15 is 4.79 Å². The molecule has 3 amide bonds. The highest BCUT2D eigenvalue weighted by atomic mass is 28.3. The lowest BCUT2D eigenvalue weighted by atomic mass is 9.82. The van der Waals surface area contributed by atoms with Gasteiger partial charge in [0, 0.05) is 30.3 Å². The predicted octanol–water partition coefficient (Wildman–Crippen LogP) is 7.14. The number of carbonyl (C=O) groups is 3. The number of amides is 3. The number of nitrogens with one attached hydrogen (secondary N) is 1. The van der Waals surface area contributed by atoms with E-state index in [9.17, 15) is 19.8 Å². The van der Waals surface area contributed by atoms with Gasteiger partial charge in [-0.1, -0.05) is 91.9 Å². The van der Waals surface area contributed by atoms with Gasteiger partial charge in [-0.25, -0.2) is 0 Å². The summed E-state index contributed by atoms with van der Waals surface area (Å²) < 4.78 is 19.0. The molecule has 13 heteroatoms. The van der Waals surface area contributed by atoms with Crippen LogP contribution in [0.2, 0.25) is 18.6 Å². The summed E-state index contributed by atoms with van der Waals surface area (Å²) in [5.74, 6) is 0.597. The lowest BCUT2D eigenvalue weighted by Crippen LogP contribution is -2.52. The number of fused-ring (bicyclic) bond motifs is 4. The zero-order valence-electron chi connectivity index (χ0n) is 39.8. The molecule has 12 nitrogen and oxygen atoms in total. The molecule has 1 unspecified atom stereocenters. The Hall–Kier alpha value is -5.83. The summed E-state index contributed by atoms with van der Waals surface area (Å²) in [6, 6.07) is 36.9. The Kier molecular flexibility index (Phi) is 13.6. The molecule has 0 saturated carbocycles. The van der Waals surface area contributed by atoms with Crippen LogP contribution in [0.15, 0.2) is 115 Å². The molecule has 6 atom stereocenters. The van der Waals surface area contributed by atoms with Crippen LogP contribution in [-0.2, 0) is 50.7 Å². The Balaban J connectivity index is 1.17. The van der Waals surface area contributed by atoms with Gasteiger partial charge in [0.2, 0.25) is 11.8 Å². The zero-order valence-corrected chi connectivity index (χ0v) is 40.8. The number of ether oxygens (including phenoxy) is 3. The monoisotopic (exact) mass is 936 g/mol. The fourth-order valence-electron chi connectivity index (χ4n) is 11.6. The van der Waals surface area contributed by atoms with Crippen molar-refractivity contribution in [2.75, 3.05) is 43.3 Å². The molecule has 1 spiro atoms. The first-order valence-corrected chi connectivity index (χ1v) is 27.2. The molecule has 0 bridgehead atoms. The van der Waals surface area contributed by atoms with E-state index in [-0.39, 0.29) is 42.9 Å². The van der Waals surface area contributed by atoms with Gasteiger partial charge in [-0.15, -0.1) is 0 Å². The summed E-state index contributed by atoms with van der Waals surface area (Å²) in [5, 5.41) is 24.8. The number of anilines is 3. The third kappa shape index (κ3) is 8.53. The Morgan fingerprint density at radius 3 is 2.29 bits per heavy atom. The molecule has 356 valence electrons. The lowest BCUT2D eigenvalue weighted by molar-refractivity contribution is -0.151. The van der Waals surface area contributed by atoms with Gasteiger partial charge in [0.15, 0.2) is 5.60 Å². The molecule has 0 aromatic heterocycles.